The van der Waals surface area contributed by atoms with Crippen LogP contribution in [0.5, 0.6) is 0 Å². The van der Waals surface area contributed by atoms with Gasteiger partial charge in [0, 0.05) is 32.0 Å². The number of hydrogen-bond acceptors (Lipinski definition) is 7. The summed E-state index contributed by atoms with van der Waals surface area (Å²) in [7, 11) is 0. The third-order valence-corrected chi connectivity index (χ3v) is 11.1. The summed E-state index contributed by atoms with van der Waals surface area (Å²) in [5.74, 6) is -0.129. The summed E-state index contributed by atoms with van der Waals surface area (Å²) in [6.45, 7) is 10.2. The summed E-state index contributed by atoms with van der Waals surface area (Å²) in [4.78, 5) is 27.4. The Balaban J connectivity index is 4.28. The third kappa shape index (κ3) is 37.7. The van der Waals surface area contributed by atoms with Crippen LogP contribution in [0.3, 0.4) is 0 Å². The van der Waals surface area contributed by atoms with E-state index in [1.807, 2.05) is 0 Å². The van der Waals surface area contributed by atoms with E-state index in [1.165, 1.54) is 122 Å². The topological polar surface area (TPSA) is 96.3 Å². The molecule has 0 unspecified atom stereocenters. The van der Waals surface area contributed by atoms with Gasteiger partial charge in [-0.05, 0) is 83.8 Å². The molecule has 7 heteroatoms. The van der Waals surface area contributed by atoms with Crippen molar-refractivity contribution in [1.82, 2.24) is 4.90 Å². The number of esters is 2. The van der Waals surface area contributed by atoms with E-state index in [9.17, 15) is 19.8 Å². The maximum absolute atomic E-state index is 12.8. The predicted octanol–water partition coefficient (Wildman–Crippen LogP) is 12.7. The van der Waals surface area contributed by atoms with E-state index in [2.05, 4.69) is 25.7 Å². The molecule has 0 saturated heterocycles. The first-order chi connectivity index (χ1) is 26.5. The zero-order valence-electron chi connectivity index (χ0n) is 36.4. The van der Waals surface area contributed by atoms with Gasteiger partial charge in [-0.15, -0.1) is 0 Å². The van der Waals surface area contributed by atoms with Crippen LogP contribution in [0, 0.1) is 5.92 Å². The van der Waals surface area contributed by atoms with Crippen LogP contribution in [-0.2, 0) is 19.1 Å². The first-order valence-corrected chi connectivity index (χ1v) is 23.8. The number of rotatable bonds is 44. The summed E-state index contributed by atoms with van der Waals surface area (Å²) in [5, 5.41) is 19.1. The molecule has 0 aliphatic carbocycles. The molecule has 0 radical (unpaired) electrons. The average Bonchev–Trinajstić information content (AvgIpc) is 3.17. The van der Waals surface area contributed by atoms with Gasteiger partial charge in [0.1, 0.15) is 6.10 Å². The van der Waals surface area contributed by atoms with E-state index in [1.54, 1.807) is 0 Å². The Kier molecular flexibility index (Phi) is 42.0. The summed E-state index contributed by atoms with van der Waals surface area (Å²) < 4.78 is 11.5. The zero-order chi connectivity index (χ0) is 39.6. The van der Waals surface area contributed by atoms with Gasteiger partial charge < -0.3 is 24.6 Å². The van der Waals surface area contributed by atoms with E-state index in [-0.39, 0.29) is 37.2 Å². The SMILES string of the molecule is CCCCCCCCCCCOC(=O)CCCCCN(CCCCCCCC(=O)OC(CCCCCCCC)CCCCCCCC)CCC(CO)CO. The Morgan fingerprint density at radius 2 is 0.833 bits per heavy atom. The van der Waals surface area contributed by atoms with Crippen molar-refractivity contribution in [3.63, 3.8) is 0 Å². The fourth-order valence-corrected chi connectivity index (χ4v) is 7.34. The molecule has 7 nitrogen and oxygen atoms in total. The number of aliphatic hydroxyl groups is 2. The van der Waals surface area contributed by atoms with Gasteiger partial charge in [0.25, 0.3) is 0 Å². The van der Waals surface area contributed by atoms with E-state index < -0.39 is 0 Å². The van der Waals surface area contributed by atoms with E-state index in [4.69, 9.17) is 9.47 Å². The Morgan fingerprint density at radius 3 is 1.31 bits per heavy atom. The number of hydrogen-bond donors (Lipinski definition) is 2. The Hall–Kier alpha value is -1.18. The number of nitrogens with zero attached hydrogens (tertiary/aromatic N) is 1. The lowest BCUT2D eigenvalue weighted by molar-refractivity contribution is -0.150. The lowest BCUT2D eigenvalue weighted by atomic mass is 10.0. The molecule has 0 aromatic heterocycles. The fourth-order valence-electron chi connectivity index (χ4n) is 7.34. The van der Waals surface area contributed by atoms with Crippen molar-refractivity contribution in [3.8, 4) is 0 Å². The minimum Gasteiger partial charge on any atom is -0.466 e. The lowest BCUT2D eigenvalue weighted by Gasteiger charge is -2.24. The van der Waals surface area contributed by atoms with Gasteiger partial charge in [-0.1, -0.05) is 162 Å². The van der Waals surface area contributed by atoms with Crippen molar-refractivity contribution in [2.24, 2.45) is 5.92 Å². The van der Waals surface area contributed by atoms with Crippen LogP contribution < -0.4 is 0 Å². The molecular weight excluding hydrogens is 675 g/mol. The number of ether oxygens (including phenoxy) is 2. The van der Waals surface area contributed by atoms with Gasteiger partial charge in [-0.25, -0.2) is 0 Å². The normalized spacial score (nSPS) is 11.7. The molecule has 0 atom stereocenters. The predicted molar refractivity (Wildman–Crippen MR) is 229 cm³/mol. The fraction of sp³-hybridized carbons (Fsp3) is 0.957. The van der Waals surface area contributed by atoms with Crippen LogP contribution in [0.1, 0.15) is 239 Å². The van der Waals surface area contributed by atoms with Crippen molar-refractivity contribution in [2.75, 3.05) is 39.5 Å². The molecule has 0 heterocycles. The summed E-state index contributed by atoms with van der Waals surface area (Å²) in [5.41, 5.74) is 0. The molecule has 0 fully saturated rings. The molecule has 0 aliphatic rings. The molecule has 322 valence electrons. The molecule has 54 heavy (non-hydrogen) atoms. The van der Waals surface area contributed by atoms with Gasteiger partial charge in [-0.2, -0.15) is 0 Å². The van der Waals surface area contributed by atoms with Gasteiger partial charge in [0.05, 0.1) is 6.61 Å². The minimum absolute atomic E-state index is 0.00229. The lowest BCUT2D eigenvalue weighted by Crippen LogP contribution is -2.30. The minimum atomic E-state index is -0.0657. The quantitative estimate of drug-likeness (QED) is 0.0471. The number of unbranched alkanes of at least 4 members (excludes halogenated alkanes) is 24. The number of carbonyl (C=O) groups excluding carboxylic acids is 2. The van der Waals surface area contributed by atoms with Gasteiger partial charge >= 0.3 is 11.9 Å². The molecule has 0 aliphatic heterocycles. The highest BCUT2D eigenvalue weighted by Gasteiger charge is 2.15. The third-order valence-electron chi connectivity index (χ3n) is 11.1. The summed E-state index contributed by atoms with van der Waals surface area (Å²) in [6, 6.07) is 0. The molecule has 2 N–H and O–H groups in total. The monoisotopic (exact) mass is 768 g/mol. The van der Waals surface area contributed by atoms with Gasteiger partial charge in [0.2, 0.25) is 0 Å². The molecule has 0 amide bonds. The highest BCUT2D eigenvalue weighted by molar-refractivity contribution is 5.69. The molecule has 0 aromatic rings. The molecule has 0 spiro atoms. The highest BCUT2D eigenvalue weighted by Crippen LogP contribution is 2.19. The standard InChI is InChI=1S/C47H93NO6/c1-4-7-10-13-16-17-18-24-32-41-53-46(51)35-29-25-31-39-48(40-37-44(42-49)43-50)38-30-23-19-22-28-36-47(52)54-45(33-26-20-14-11-8-5-2)34-27-21-15-12-9-6-3/h44-45,49-50H,4-43H2,1-3H3. The largest absolute Gasteiger partial charge is 0.466 e. The molecule has 0 saturated carbocycles. The number of carbonyl (C=O) groups is 2. The molecule has 0 rings (SSSR count). The van der Waals surface area contributed by atoms with Gasteiger partial charge in [-0.3, -0.25) is 9.59 Å². The maximum Gasteiger partial charge on any atom is 0.306 e. The number of aliphatic hydroxyl groups excluding tert-OH is 2. The van der Waals surface area contributed by atoms with Crippen molar-refractivity contribution in [1.29, 1.82) is 0 Å². The average molecular weight is 768 g/mol. The Labute approximate surface area is 335 Å². The smallest absolute Gasteiger partial charge is 0.306 e. The summed E-state index contributed by atoms with van der Waals surface area (Å²) in [6.07, 6.45) is 38.8. The van der Waals surface area contributed by atoms with Crippen LogP contribution in [0.15, 0.2) is 0 Å². The van der Waals surface area contributed by atoms with Crippen molar-refractivity contribution in [2.45, 2.75) is 245 Å². The van der Waals surface area contributed by atoms with Crippen molar-refractivity contribution < 1.29 is 29.3 Å². The first kappa shape index (κ1) is 52.8. The Morgan fingerprint density at radius 1 is 0.444 bits per heavy atom. The second-order valence-electron chi connectivity index (χ2n) is 16.5. The molecular formula is C47H93NO6. The van der Waals surface area contributed by atoms with E-state index >= 15 is 0 Å². The maximum atomic E-state index is 12.8. The van der Waals surface area contributed by atoms with Crippen LogP contribution in [0.4, 0.5) is 0 Å². The van der Waals surface area contributed by atoms with Crippen LogP contribution in [0.25, 0.3) is 0 Å². The van der Waals surface area contributed by atoms with E-state index in [0.29, 0.717) is 19.4 Å². The van der Waals surface area contributed by atoms with Crippen molar-refractivity contribution in [3.05, 3.63) is 0 Å². The second kappa shape index (κ2) is 43.0. The highest BCUT2D eigenvalue weighted by atomic mass is 16.5. The van der Waals surface area contributed by atoms with Gasteiger partial charge in [0.15, 0.2) is 0 Å². The first-order valence-electron chi connectivity index (χ1n) is 23.8. The zero-order valence-corrected chi connectivity index (χ0v) is 36.4. The second-order valence-corrected chi connectivity index (χ2v) is 16.5. The van der Waals surface area contributed by atoms with Crippen molar-refractivity contribution >= 4 is 11.9 Å². The Bertz CT molecular complexity index is 759. The molecule has 0 aromatic carbocycles. The summed E-state index contributed by atoms with van der Waals surface area (Å²) >= 11 is 0. The van der Waals surface area contributed by atoms with Crippen LogP contribution in [-0.4, -0.2) is 72.6 Å². The van der Waals surface area contributed by atoms with Crippen LogP contribution >= 0.6 is 0 Å². The van der Waals surface area contributed by atoms with E-state index in [0.717, 1.165) is 103 Å². The van der Waals surface area contributed by atoms with Crippen LogP contribution in [0.2, 0.25) is 0 Å². The molecule has 0 bridgehead atoms.